The van der Waals surface area contributed by atoms with Gasteiger partial charge in [0.15, 0.2) is 5.82 Å². The van der Waals surface area contributed by atoms with Gasteiger partial charge in [-0.1, -0.05) is 0 Å². The van der Waals surface area contributed by atoms with Crippen LogP contribution in [0.2, 0.25) is 0 Å². The van der Waals surface area contributed by atoms with Crippen molar-refractivity contribution in [2.45, 2.75) is 84.1 Å². The second-order valence-corrected chi connectivity index (χ2v) is 10.2. The van der Waals surface area contributed by atoms with Gasteiger partial charge in [0.2, 0.25) is 0 Å². The molecule has 10 nitrogen and oxygen atoms in total. The number of carbonyl (C=O) groups excluding carboxylic acids is 1. The number of nitrogens with one attached hydrogen (secondary N) is 2. The summed E-state index contributed by atoms with van der Waals surface area (Å²) in [7, 11) is 1.65. The highest BCUT2D eigenvalue weighted by atomic mass is 16.6. The van der Waals surface area contributed by atoms with E-state index >= 15 is 0 Å². The van der Waals surface area contributed by atoms with E-state index in [1.54, 1.807) is 17.8 Å². The molecule has 0 saturated heterocycles. The first-order valence-electron chi connectivity index (χ1n) is 11.8. The van der Waals surface area contributed by atoms with Crippen LogP contribution in [0.5, 0.6) is 0 Å². The summed E-state index contributed by atoms with van der Waals surface area (Å²) in [4.78, 5) is 16.6. The van der Waals surface area contributed by atoms with Crippen molar-refractivity contribution in [3.63, 3.8) is 0 Å². The number of hydrogen-bond acceptors (Lipinski definition) is 7. The zero-order valence-electron chi connectivity index (χ0n) is 20.8. The molecule has 1 aliphatic carbocycles. The molecule has 1 saturated carbocycles. The van der Waals surface area contributed by atoms with Gasteiger partial charge in [0.1, 0.15) is 17.4 Å². The molecule has 0 bridgehead atoms. The number of methoxy groups -OCH3 is 1. The van der Waals surface area contributed by atoms with Crippen LogP contribution in [-0.2, 0) is 21.6 Å². The highest BCUT2D eigenvalue weighted by Crippen LogP contribution is 2.38. The van der Waals surface area contributed by atoms with Gasteiger partial charge in [0, 0.05) is 37.5 Å². The van der Waals surface area contributed by atoms with E-state index in [1.807, 2.05) is 30.8 Å². The van der Waals surface area contributed by atoms with Crippen LogP contribution in [-0.4, -0.2) is 49.7 Å². The molecule has 1 aliphatic rings. The monoisotopic (exact) mass is 469 g/mol. The van der Waals surface area contributed by atoms with E-state index in [0.717, 1.165) is 42.0 Å². The first-order chi connectivity index (χ1) is 16.1. The van der Waals surface area contributed by atoms with Crippen LogP contribution in [0.4, 0.5) is 16.4 Å². The lowest BCUT2D eigenvalue weighted by Gasteiger charge is -2.22. The minimum atomic E-state index is -0.351. The van der Waals surface area contributed by atoms with Crippen LogP contribution in [0.1, 0.15) is 71.2 Å². The fourth-order valence-electron chi connectivity index (χ4n) is 4.34. The minimum absolute atomic E-state index is 0.0558. The number of hydrogen-bond donors (Lipinski definition) is 2. The number of rotatable bonds is 7. The molecule has 34 heavy (non-hydrogen) atoms. The van der Waals surface area contributed by atoms with Crippen molar-refractivity contribution in [2.24, 2.45) is 0 Å². The third kappa shape index (κ3) is 5.32. The SMILES string of the molecule is COCc1cc2c(Nc3cc(C4CCC(OC(=O)NC(C)C)C4)nn3C(C)(C)C)nccn2n1. The second kappa shape index (κ2) is 9.61. The van der Waals surface area contributed by atoms with Crippen molar-refractivity contribution in [2.75, 3.05) is 12.4 Å². The summed E-state index contributed by atoms with van der Waals surface area (Å²) >= 11 is 0. The van der Waals surface area contributed by atoms with E-state index in [1.165, 1.54) is 0 Å². The Morgan fingerprint density at radius 1 is 1.24 bits per heavy atom. The van der Waals surface area contributed by atoms with Gasteiger partial charge < -0.3 is 20.1 Å². The number of anilines is 2. The van der Waals surface area contributed by atoms with Crippen molar-refractivity contribution >= 4 is 23.2 Å². The molecule has 3 heterocycles. The van der Waals surface area contributed by atoms with Gasteiger partial charge in [-0.25, -0.2) is 19.0 Å². The molecule has 2 atom stereocenters. The Hall–Kier alpha value is -3.14. The predicted octanol–water partition coefficient (Wildman–Crippen LogP) is 4.34. The van der Waals surface area contributed by atoms with Gasteiger partial charge in [-0.2, -0.15) is 10.2 Å². The Morgan fingerprint density at radius 3 is 2.74 bits per heavy atom. The maximum Gasteiger partial charge on any atom is 0.407 e. The Kier molecular flexibility index (Phi) is 6.79. The van der Waals surface area contributed by atoms with Crippen LogP contribution < -0.4 is 10.6 Å². The average molecular weight is 470 g/mol. The molecule has 1 amide bonds. The van der Waals surface area contributed by atoms with Crippen molar-refractivity contribution in [3.05, 3.63) is 35.9 Å². The molecule has 184 valence electrons. The number of alkyl carbamates (subject to hydrolysis) is 1. The Labute approximate surface area is 200 Å². The number of carbonyl (C=O) groups is 1. The zero-order chi connectivity index (χ0) is 24.5. The summed E-state index contributed by atoms with van der Waals surface area (Å²) in [5.74, 6) is 1.79. The lowest BCUT2D eigenvalue weighted by Crippen LogP contribution is -2.33. The number of nitrogens with zero attached hydrogens (tertiary/aromatic N) is 5. The third-order valence-electron chi connectivity index (χ3n) is 5.83. The van der Waals surface area contributed by atoms with E-state index in [0.29, 0.717) is 12.4 Å². The van der Waals surface area contributed by atoms with Crippen molar-refractivity contribution in [1.29, 1.82) is 0 Å². The molecule has 10 heteroatoms. The Bertz CT molecular complexity index is 1150. The summed E-state index contributed by atoms with van der Waals surface area (Å²) in [6, 6.07) is 4.11. The van der Waals surface area contributed by atoms with E-state index in [9.17, 15) is 4.79 Å². The number of fused-ring (bicyclic) bond motifs is 1. The molecular formula is C24H35N7O3. The number of ether oxygens (including phenoxy) is 2. The number of aromatic nitrogens is 5. The topological polar surface area (TPSA) is 108 Å². The van der Waals surface area contributed by atoms with E-state index < -0.39 is 0 Å². The smallest absolute Gasteiger partial charge is 0.407 e. The summed E-state index contributed by atoms with van der Waals surface area (Å²) in [5, 5.41) is 15.8. The average Bonchev–Trinajstić information content (AvgIpc) is 3.45. The normalized spacial score (nSPS) is 18.6. The van der Waals surface area contributed by atoms with E-state index in [-0.39, 0.29) is 29.7 Å². The van der Waals surface area contributed by atoms with Crippen molar-refractivity contribution in [1.82, 2.24) is 29.7 Å². The fraction of sp³-hybridized carbons (Fsp3) is 0.583. The molecular weight excluding hydrogens is 434 g/mol. The molecule has 3 aromatic heterocycles. The van der Waals surface area contributed by atoms with Crippen LogP contribution in [0, 0.1) is 0 Å². The zero-order valence-corrected chi connectivity index (χ0v) is 20.8. The van der Waals surface area contributed by atoms with Gasteiger partial charge in [-0.15, -0.1) is 0 Å². The van der Waals surface area contributed by atoms with Gasteiger partial charge in [-0.05, 0) is 59.9 Å². The van der Waals surface area contributed by atoms with Crippen molar-refractivity contribution < 1.29 is 14.3 Å². The molecule has 0 spiro atoms. The molecule has 2 N–H and O–H groups in total. The van der Waals surface area contributed by atoms with E-state index in [2.05, 4.69) is 47.6 Å². The number of amides is 1. The largest absolute Gasteiger partial charge is 0.446 e. The third-order valence-corrected chi connectivity index (χ3v) is 5.83. The van der Waals surface area contributed by atoms with Gasteiger partial charge in [0.05, 0.1) is 23.5 Å². The minimum Gasteiger partial charge on any atom is -0.446 e. The van der Waals surface area contributed by atoms with Crippen LogP contribution >= 0.6 is 0 Å². The fourth-order valence-corrected chi connectivity index (χ4v) is 4.34. The molecule has 2 unspecified atom stereocenters. The molecule has 1 fully saturated rings. The van der Waals surface area contributed by atoms with Crippen LogP contribution in [0.3, 0.4) is 0 Å². The van der Waals surface area contributed by atoms with E-state index in [4.69, 9.17) is 14.6 Å². The van der Waals surface area contributed by atoms with Crippen molar-refractivity contribution in [3.8, 4) is 0 Å². The van der Waals surface area contributed by atoms with Crippen LogP contribution in [0.15, 0.2) is 24.5 Å². The Morgan fingerprint density at radius 2 is 2.03 bits per heavy atom. The predicted molar refractivity (Wildman–Crippen MR) is 129 cm³/mol. The summed E-state index contributed by atoms with van der Waals surface area (Å²) < 4.78 is 14.6. The van der Waals surface area contributed by atoms with Gasteiger partial charge >= 0.3 is 6.09 Å². The second-order valence-electron chi connectivity index (χ2n) is 10.2. The molecule has 0 radical (unpaired) electrons. The quantitative estimate of drug-likeness (QED) is 0.530. The first-order valence-corrected chi connectivity index (χ1v) is 11.8. The summed E-state index contributed by atoms with van der Waals surface area (Å²) in [5.41, 5.74) is 2.46. The lowest BCUT2D eigenvalue weighted by atomic mass is 10.0. The maximum absolute atomic E-state index is 12.0. The standard InChI is InChI=1S/C24H35N7O3/c1-15(2)26-23(32)34-18-8-7-16(11-18)19-13-21(31(29-19)24(3,4)5)27-22-20-12-17(14-33-6)28-30(20)10-9-25-22/h9-10,12-13,15-16,18H,7-8,11,14H2,1-6H3,(H,25,27)(H,26,32). The van der Waals surface area contributed by atoms with Gasteiger partial charge in [-0.3, -0.25) is 0 Å². The summed E-state index contributed by atoms with van der Waals surface area (Å²) in [6.07, 6.45) is 5.62. The Balaban J connectivity index is 1.56. The van der Waals surface area contributed by atoms with Crippen LogP contribution in [0.25, 0.3) is 5.52 Å². The molecule has 4 rings (SSSR count). The highest BCUT2D eigenvalue weighted by molar-refractivity contribution is 5.72. The first kappa shape index (κ1) is 24.0. The highest BCUT2D eigenvalue weighted by Gasteiger charge is 2.32. The molecule has 3 aromatic rings. The summed E-state index contributed by atoms with van der Waals surface area (Å²) in [6.45, 7) is 10.6. The molecule has 0 aromatic carbocycles. The molecule has 0 aliphatic heterocycles. The maximum atomic E-state index is 12.0. The van der Waals surface area contributed by atoms with Gasteiger partial charge in [0.25, 0.3) is 0 Å². The lowest BCUT2D eigenvalue weighted by molar-refractivity contribution is 0.0981.